The number of hydrogen-bond donors (Lipinski definition) is 1. The maximum Gasteiger partial charge on any atom is 0.227 e. The fourth-order valence-electron chi connectivity index (χ4n) is 3.91. The Kier molecular flexibility index (Phi) is 7.39. The number of para-hydroxylation sites is 1. The van der Waals surface area contributed by atoms with Gasteiger partial charge in [-0.05, 0) is 48.9 Å². The zero-order chi connectivity index (χ0) is 22.8. The first kappa shape index (κ1) is 23.7. The van der Waals surface area contributed by atoms with Crippen LogP contribution in [0.1, 0.15) is 49.3 Å². The Labute approximate surface area is 188 Å². The monoisotopic (exact) mass is 466 g/mol. The number of nitrogens with one attached hydrogen (secondary N) is 1. The van der Waals surface area contributed by atoms with Gasteiger partial charge in [-0.25, -0.2) is 17.1 Å². The van der Waals surface area contributed by atoms with Crippen molar-refractivity contribution in [3.63, 3.8) is 0 Å². The molecule has 1 saturated heterocycles. The Morgan fingerprint density at radius 3 is 2.45 bits per heavy atom. The number of anilines is 1. The van der Waals surface area contributed by atoms with Gasteiger partial charge >= 0.3 is 0 Å². The first-order valence-electron chi connectivity index (χ1n) is 10.4. The van der Waals surface area contributed by atoms with Crippen LogP contribution < -0.4 is 5.32 Å². The Morgan fingerprint density at radius 1 is 1.19 bits per heavy atom. The standard InChI is InChI=1S/C23H28ClFN2O3S/c1-15(2)18-7-4-6-16(3)22(18)26-23(28)17-10-12-27(13-11-17)31(29,30)14-19-20(24)8-5-9-21(19)25/h4-9,15,17H,10-14H2,1-3H3,(H,26,28). The second-order valence-corrected chi connectivity index (χ2v) is 10.7. The van der Waals surface area contributed by atoms with Crippen LogP contribution in [0.5, 0.6) is 0 Å². The van der Waals surface area contributed by atoms with E-state index in [1.807, 2.05) is 25.1 Å². The van der Waals surface area contributed by atoms with E-state index < -0.39 is 21.6 Å². The van der Waals surface area contributed by atoms with Crippen molar-refractivity contribution in [2.45, 2.75) is 45.3 Å². The minimum absolute atomic E-state index is 0.0233. The van der Waals surface area contributed by atoms with Crippen LogP contribution in [0.2, 0.25) is 5.02 Å². The highest BCUT2D eigenvalue weighted by atomic mass is 35.5. The van der Waals surface area contributed by atoms with Crippen LogP contribution in [0.25, 0.3) is 0 Å². The molecule has 168 valence electrons. The molecule has 0 spiro atoms. The molecule has 1 fully saturated rings. The van der Waals surface area contributed by atoms with Gasteiger partial charge in [0, 0.05) is 35.3 Å². The second-order valence-electron chi connectivity index (χ2n) is 8.31. The van der Waals surface area contributed by atoms with Crippen molar-refractivity contribution >= 4 is 33.2 Å². The molecule has 2 aromatic rings. The van der Waals surface area contributed by atoms with Crippen molar-refractivity contribution in [1.29, 1.82) is 0 Å². The molecule has 0 aromatic heterocycles. The van der Waals surface area contributed by atoms with Gasteiger partial charge in [-0.1, -0.05) is 49.7 Å². The first-order valence-corrected chi connectivity index (χ1v) is 12.4. The van der Waals surface area contributed by atoms with Gasteiger partial charge in [-0.2, -0.15) is 0 Å². The van der Waals surface area contributed by atoms with Crippen LogP contribution in [-0.2, 0) is 20.6 Å². The number of benzene rings is 2. The molecule has 0 saturated carbocycles. The van der Waals surface area contributed by atoms with Crippen molar-refractivity contribution in [2.24, 2.45) is 5.92 Å². The molecule has 2 aromatic carbocycles. The number of carbonyl (C=O) groups excluding carboxylic acids is 1. The summed E-state index contributed by atoms with van der Waals surface area (Å²) in [4.78, 5) is 12.9. The molecule has 0 bridgehead atoms. The lowest BCUT2D eigenvalue weighted by atomic mass is 9.95. The first-order chi connectivity index (χ1) is 14.6. The molecule has 0 unspecified atom stereocenters. The highest BCUT2D eigenvalue weighted by Crippen LogP contribution is 2.30. The lowest BCUT2D eigenvalue weighted by Crippen LogP contribution is -2.42. The minimum Gasteiger partial charge on any atom is -0.325 e. The molecule has 5 nitrogen and oxygen atoms in total. The molecule has 0 atom stereocenters. The third kappa shape index (κ3) is 5.45. The maximum atomic E-state index is 14.0. The van der Waals surface area contributed by atoms with E-state index in [-0.39, 0.29) is 41.4 Å². The molecular weight excluding hydrogens is 439 g/mol. The lowest BCUT2D eigenvalue weighted by molar-refractivity contribution is -0.120. The molecule has 1 N–H and O–H groups in total. The fourth-order valence-corrected chi connectivity index (χ4v) is 5.82. The van der Waals surface area contributed by atoms with Gasteiger partial charge in [-0.3, -0.25) is 4.79 Å². The van der Waals surface area contributed by atoms with E-state index in [0.29, 0.717) is 12.8 Å². The number of piperidine rings is 1. The van der Waals surface area contributed by atoms with Crippen molar-refractivity contribution in [1.82, 2.24) is 4.31 Å². The van der Waals surface area contributed by atoms with Crippen molar-refractivity contribution in [2.75, 3.05) is 18.4 Å². The summed E-state index contributed by atoms with van der Waals surface area (Å²) in [5.74, 6) is -1.22. The Hall–Kier alpha value is -1.96. The molecule has 1 aliphatic rings. The summed E-state index contributed by atoms with van der Waals surface area (Å²) in [6, 6.07) is 10.1. The van der Waals surface area contributed by atoms with Gasteiger partial charge in [0.15, 0.2) is 0 Å². The quantitative estimate of drug-likeness (QED) is 0.644. The fraction of sp³-hybridized carbons (Fsp3) is 0.435. The van der Waals surface area contributed by atoms with Crippen LogP contribution >= 0.6 is 11.6 Å². The second kappa shape index (κ2) is 9.67. The molecule has 0 radical (unpaired) electrons. The molecular formula is C23H28ClFN2O3S. The van der Waals surface area contributed by atoms with Crippen LogP contribution in [0.15, 0.2) is 36.4 Å². The van der Waals surface area contributed by atoms with Gasteiger partial charge in [0.2, 0.25) is 15.9 Å². The normalized spacial score (nSPS) is 15.9. The van der Waals surface area contributed by atoms with Crippen molar-refractivity contribution < 1.29 is 17.6 Å². The van der Waals surface area contributed by atoms with Crippen LogP contribution in [-0.4, -0.2) is 31.7 Å². The third-order valence-corrected chi connectivity index (χ3v) is 7.94. The number of aryl methyl sites for hydroxylation is 1. The topological polar surface area (TPSA) is 66.5 Å². The van der Waals surface area contributed by atoms with Crippen LogP contribution in [0.3, 0.4) is 0 Å². The Bertz CT molecular complexity index is 1040. The summed E-state index contributed by atoms with van der Waals surface area (Å²) >= 11 is 5.99. The van der Waals surface area contributed by atoms with E-state index in [9.17, 15) is 17.6 Å². The van der Waals surface area contributed by atoms with Gasteiger partial charge in [0.1, 0.15) is 5.82 Å². The SMILES string of the molecule is Cc1cccc(C(C)C)c1NC(=O)C1CCN(S(=O)(=O)Cc2c(F)cccc2Cl)CC1. The highest BCUT2D eigenvalue weighted by molar-refractivity contribution is 7.88. The number of nitrogens with zero attached hydrogens (tertiary/aromatic N) is 1. The zero-order valence-corrected chi connectivity index (χ0v) is 19.6. The van der Waals surface area contributed by atoms with Gasteiger partial charge in [0.05, 0.1) is 5.75 Å². The van der Waals surface area contributed by atoms with E-state index in [4.69, 9.17) is 11.6 Å². The van der Waals surface area contributed by atoms with Gasteiger partial charge < -0.3 is 5.32 Å². The summed E-state index contributed by atoms with van der Waals surface area (Å²) in [7, 11) is -3.74. The van der Waals surface area contributed by atoms with E-state index in [1.165, 1.54) is 22.5 Å². The number of carbonyl (C=O) groups is 1. The average Bonchev–Trinajstić information content (AvgIpc) is 2.72. The third-order valence-electron chi connectivity index (χ3n) is 5.78. The molecule has 1 aliphatic heterocycles. The Balaban J connectivity index is 1.65. The van der Waals surface area contributed by atoms with Crippen LogP contribution in [0, 0.1) is 18.7 Å². The summed E-state index contributed by atoms with van der Waals surface area (Å²) < 4.78 is 40.9. The van der Waals surface area contributed by atoms with Crippen molar-refractivity contribution in [3.8, 4) is 0 Å². The predicted molar refractivity (Wildman–Crippen MR) is 122 cm³/mol. The number of rotatable bonds is 6. The Morgan fingerprint density at radius 2 is 1.84 bits per heavy atom. The summed E-state index contributed by atoms with van der Waals surface area (Å²) in [5.41, 5.74) is 2.90. The van der Waals surface area contributed by atoms with Gasteiger partial charge in [-0.15, -0.1) is 0 Å². The van der Waals surface area contributed by atoms with Crippen molar-refractivity contribution in [3.05, 3.63) is 63.9 Å². The number of halogens is 2. The largest absolute Gasteiger partial charge is 0.325 e. The number of hydrogen-bond acceptors (Lipinski definition) is 3. The van der Waals surface area contributed by atoms with E-state index in [0.717, 1.165) is 16.8 Å². The summed E-state index contributed by atoms with van der Waals surface area (Å²) in [6.45, 7) is 6.56. The highest BCUT2D eigenvalue weighted by Gasteiger charge is 2.32. The molecule has 3 rings (SSSR count). The molecule has 1 heterocycles. The summed E-state index contributed by atoms with van der Waals surface area (Å²) in [5, 5.41) is 3.16. The molecule has 31 heavy (non-hydrogen) atoms. The minimum atomic E-state index is -3.74. The molecule has 8 heteroatoms. The van der Waals surface area contributed by atoms with E-state index in [1.54, 1.807) is 0 Å². The molecule has 0 aliphatic carbocycles. The number of sulfonamides is 1. The lowest BCUT2D eigenvalue weighted by Gasteiger charge is -2.31. The van der Waals surface area contributed by atoms with Crippen LogP contribution in [0.4, 0.5) is 10.1 Å². The zero-order valence-electron chi connectivity index (χ0n) is 18.0. The predicted octanol–water partition coefficient (Wildman–Crippen LogP) is 5.09. The maximum absolute atomic E-state index is 14.0. The smallest absolute Gasteiger partial charge is 0.227 e. The average molecular weight is 467 g/mol. The van der Waals surface area contributed by atoms with E-state index >= 15 is 0 Å². The van der Waals surface area contributed by atoms with Gasteiger partial charge in [0.25, 0.3) is 0 Å². The molecule has 1 amide bonds. The summed E-state index contributed by atoms with van der Waals surface area (Å²) in [6.07, 6.45) is 0.831. The number of amides is 1. The van der Waals surface area contributed by atoms with E-state index in [2.05, 4.69) is 19.2 Å².